The fourth-order valence-electron chi connectivity index (χ4n) is 2.38. The molecule has 0 fully saturated rings. The summed E-state index contributed by atoms with van der Waals surface area (Å²) in [6, 6.07) is 7.78. The van der Waals surface area contributed by atoms with E-state index in [0.29, 0.717) is 12.2 Å². The summed E-state index contributed by atoms with van der Waals surface area (Å²) >= 11 is 5.85. The van der Waals surface area contributed by atoms with Crippen LogP contribution in [0.3, 0.4) is 0 Å². The average molecular weight is 295 g/mol. The molecule has 1 aromatic rings. The number of aryl methyl sites for hydroxylation is 1. The van der Waals surface area contributed by atoms with E-state index in [-0.39, 0.29) is 5.92 Å². The minimum atomic E-state index is 0.212. The van der Waals surface area contributed by atoms with Gasteiger partial charge in [-0.25, -0.2) is 0 Å². The smallest absolute Gasteiger partial charge is 0.136 e. The van der Waals surface area contributed by atoms with Gasteiger partial charge < -0.3 is 0 Å². The van der Waals surface area contributed by atoms with Gasteiger partial charge in [0, 0.05) is 17.4 Å². The van der Waals surface area contributed by atoms with Gasteiger partial charge in [-0.05, 0) is 30.5 Å². The Morgan fingerprint density at radius 3 is 2.40 bits per heavy atom. The Kier molecular flexibility index (Phi) is 8.60. The third-order valence-corrected chi connectivity index (χ3v) is 4.12. The van der Waals surface area contributed by atoms with E-state index in [1.165, 1.54) is 37.7 Å². The Hall–Kier alpha value is -0.820. The summed E-state index contributed by atoms with van der Waals surface area (Å²) in [4.78, 5) is 12.1. The molecule has 1 rings (SSSR count). The van der Waals surface area contributed by atoms with Crippen molar-refractivity contribution < 1.29 is 4.79 Å². The van der Waals surface area contributed by atoms with Crippen molar-refractivity contribution in [3.05, 3.63) is 34.9 Å². The predicted octanol–water partition coefficient (Wildman–Crippen LogP) is 5.84. The molecule has 0 spiro atoms. The third kappa shape index (κ3) is 7.09. The van der Waals surface area contributed by atoms with Crippen LogP contribution in [0.5, 0.6) is 0 Å². The van der Waals surface area contributed by atoms with Gasteiger partial charge in [-0.15, -0.1) is 0 Å². The topological polar surface area (TPSA) is 17.1 Å². The standard InChI is InChI=1S/C18H27ClO/c1-3-4-5-6-7-8-15(2)18(20)14-11-16-9-12-17(19)13-10-16/h9-10,12-13,15H,3-8,11,14H2,1-2H3. The van der Waals surface area contributed by atoms with E-state index < -0.39 is 0 Å². The van der Waals surface area contributed by atoms with Crippen molar-refractivity contribution in [1.82, 2.24) is 0 Å². The van der Waals surface area contributed by atoms with Gasteiger partial charge in [0.1, 0.15) is 5.78 Å². The van der Waals surface area contributed by atoms with E-state index in [2.05, 4.69) is 13.8 Å². The highest BCUT2D eigenvalue weighted by molar-refractivity contribution is 6.30. The minimum absolute atomic E-state index is 0.212. The molecule has 0 aliphatic carbocycles. The molecule has 0 heterocycles. The van der Waals surface area contributed by atoms with E-state index in [1.807, 2.05) is 24.3 Å². The fourth-order valence-corrected chi connectivity index (χ4v) is 2.51. The second-order valence-corrected chi connectivity index (χ2v) is 6.13. The number of benzene rings is 1. The van der Waals surface area contributed by atoms with Gasteiger partial charge in [0.2, 0.25) is 0 Å². The van der Waals surface area contributed by atoms with Crippen LogP contribution in [0.2, 0.25) is 5.02 Å². The maximum absolute atomic E-state index is 12.1. The van der Waals surface area contributed by atoms with E-state index in [1.54, 1.807) is 0 Å². The molecule has 2 heteroatoms. The lowest BCUT2D eigenvalue weighted by Crippen LogP contribution is -2.11. The molecule has 1 nitrogen and oxygen atoms in total. The van der Waals surface area contributed by atoms with Crippen molar-refractivity contribution in [2.45, 2.75) is 65.2 Å². The van der Waals surface area contributed by atoms with Gasteiger partial charge in [-0.1, -0.05) is 69.7 Å². The molecule has 0 saturated heterocycles. The number of hydrogen-bond donors (Lipinski definition) is 0. The highest BCUT2D eigenvalue weighted by atomic mass is 35.5. The molecular weight excluding hydrogens is 268 g/mol. The number of unbranched alkanes of at least 4 members (excludes halogenated alkanes) is 4. The van der Waals surface area contributed by atoms with Crippen molar-refractivity contribution in [1.29, 1.82) is 0 Å². The van der Waals surface area contributed by atoms with Gasteiger partial charge in [0.15, 0.2) is 0 Å². The molecule has 0 aliphatic heterocycles. The zero-order chi connectivity index (χ0) is 14.8. The Labute approximate surface area is 128 Å². The van der Waals surface area contributed by atoms with Gasteiger partial charge in [-0.3, -0.25) is 4.79 Å². The number of carbonyl (C=O) groups excluding carboxylic acids is 1. The van der Waals surface area contributed by atoms with Crippen LogP contribution in [0.1, 0.15) is 64.4 Å². The first-order chi connectivity index (χ1) is 9.63. The van der Waals surface area contributed by atoms with Crippen molar-refractivity contribution >= 4 is 17.4 Å². The van der Waals surface area contributed by atoms with Crippen LogP contribution in [0.25, 0.3) is 0 Å². The minimum Gasteiger partial charge on any atom is -0.299 e. The highest BCUT2D eigenvalue weighted by Gasteiger charge is 2.12. The first-order valence-electron chi connectivity index (χ1n) is 7.90. The van der Waals surface area contributed by atoms with Crippen LogP contribution in [-0.2, 0) is 11.2 Å². The van der Waals surface area contributed by atoms with E-state index in [0.717, 1.165) is 17.9 Å². The SMILES string of the molecule is CCCCCCCC(C)C(=O)CCc1ccc(Cl)cc1. The second-order valence-electron chi connectivity index (χ2n) is 5.70. The van der Waals surface area contributed by atoms with Crippen LogP contribution in [-0.4, -0.2) is 5.78 Å². The molecule has 0 radical (unpaired) electrons. The molecule has 0 N–H and O–H groups in total. The van der Waals surface area contributed by atoms with Crippen molar-refractivity contribution in [2.24, 2.45) is 5.92 Å². The number of rotatable bonds is 10. The van der Waals surface area contributed by atoms with Gasteiger partial charge in [-0.2, -0.15) is 0 Å². The predicted molar refractivity (Wildman–Crippen MR) is 87.3 cm³/mol. The molecule has 0 amide bonds. The summed E-state index contributed by atoms with van der Waals surface area (Å²) in [5, 5.41) is 0.750. The van der Waals surface area contributed by atoms with Gasteiger partial charge in [0.25, 0.3) is 0 Å². The molecule has 1 atom stereocenters. The zero-order valence-electron chi connectivity index (χ0n) is 12.8. The van der Waals surface area contributed by atoms with Crippen LogP contribution in [0.15, 0.2) is 24.3 Å². The summed E-state index contributed by atoms with van der Waals surface area (Å²) in [5.74, 6) is 0.611. The van der Waals surface area contributed by atoms with Crippen molar-refractivity contribution in [3.63, 3.8) is 0 Å². The molecule has 20 heavy (non-hydrogen) atoms. The first-order valence-corrected chi connectivity index (χ1v) is 8.28. The van der Waals surface area contributed by atoms with Crippen LogP contribution >= 0.6 is 11.6 Å². The van der Waals surface area contributed by atoms with Gasteiger partial charge >= 0.3 is 0 Å². The van der Waals surface area contributed by atoms with Crippen molar-refractivity contribution in [2.75, 3.05) is 0 Å². The molecule has 1 aromatic carbocycles. The largest absolute Gasteiger partial charge is 0.299 e. The molecule has 1 unspecified atom stereocenters. The highest BCUT2D eigenvalue weighted by Crippen LogP contribution is 2.16. The van der Waals surface area contributed by atoms with Crippen LogP contribution < -0.4 is 0 Å². The molecule has 0 aromatic heterocycles. The number of halogens is 1. The number of hydrogen-bond acceptors (Lipinski definition) is 1. The maximum atomic E-state index is 12.1. The third-order valence-electron chi connectivity index (χ3n) is 3.86. The fraction of sp³-hybridized carbons (Fsp3) is 0.611. The lowest BCUT2D eigenvalue weighted by atomic mass is 9.94. The maximum Gasteiger partial charge on any atom is 0.136 e. The Balaban J connectivity index is 2.19. The van der Waals surface area contributed by atoms with Gasteiger partial charge in [0.05, 0.1) is 0 Å². The Morgan fingerprint density at radius 1 is 1.10 bits per heavy atom. The molecule has 0 aliphatic rings. The Morgan fingerprint density at radius 2 is 1.75 bits per heavy atom. The lowest BCUT2D eigenvalue weighted by molar-refractivity contribution is -0.122. The van der Waals surface area contributed by atoms with Crippen LogP contribution in [0.4, 0.5) is 0 Å². The molecular formula is C18H27ClO. The zero-order valence-corrected chi connectivity index (χ0v) is 13.6. The summed E-state index contributed by atoms with van der Waals surface area (Å²) in [5.41, 5.74) is 1.19. The average Bonchev–Trinajstić information content (AvgIpc) is 2.46. The van der Waals surface area contributed by atoms with Crippen LogP contribution in [0, 0.1) is 5.92 Å². The second kappa shape index (κ2) is 9.99. The van der Waals surface area contributed by atoms with E-state index >= 15 is 0 Å². The molecule has 0 bridgehead atoms. The summed E-state index contributed by atoms with van der Waals surface area (Å²) in [6.45, 7) is 4.30. The monoisotopic (exact) mass is 294 g/mol. The number of Topliss-reactive ketones (excluding diaryl/α,β-unsaturated/α-hetero) is 1. The number of carbonyl (C=O) groups is 1. The summed E-state index contributed by atoms with van der Waals surface area (Å²) in [7, 11) is 0. The van der Waals surface area contributed by atoms with E-state index in [4.69, 9.17) is 11.6 Å². The van der Waals surface area contributed by atoms with Crippen molar-refractivity contribution in [3.8, 4) is 0 Å². The normalized spacial score (nSPS) is 12.3. The van der Waals surface area contributed by atoms with E-state index in [9.17, 15) is 4.79 Å². The quantitative estimate of drug-likeness (QED) is 0.496. The number of ketones is 1. The Bertz CT molecular complexity index is 383. The molecule has 112 valence electrons. The first kappa shape index (κ1) is 17.2. The summed E-state index contributed by atoms with van der Waals surface area (Å²) < 4.78 is 0. The molecule has 0 saturated carbocycles. The lowest BCUT2D eigenvalue weighted by Gasteiger charge is -2.10. The summed E-state index contributed by atoms with van der Waals surface area (Å²) in [6.07, 6.45) is 8.88.